The molecule has 1 aliphatic rings. The molecule has 1 fully saturated rings. The van der Waals surface area contributed by atoms with E-state index in [9.17, 15) is 0 Å². The fraction of sp³-hybridized carbons (Fsp3) is 0.368. The highest BCUT2D eigenvalue weighted by molar-refractivity contribution is 5.47. The van der Waals surface area contributed by atoms with Crippen LogP contribution < -0.4 is 10.2 Å². The third kappa shape index (κ3) is 4.16. The van der Waals surface area contributed by atoms with E-state index < -0.39 is 0 Å². The number of anilines is 3. The molecule has 0 saturated carbocycles. The quantitative estimate of drug-likeness (QED) is 0.757. The Hall–Kier alpha value is -3.16. The van der Waals surface area contributed by atoms with E-state index in [1.807, 2.05) is 32.3 Å². The molecule has 1 saturated heterocycles. The molecule has 8 heteroatoms. The number of nitrogens with one attached hydrogen (secondary N) is 1. The van der Waals surface area contributed by atoms with Crippen molar-refractivity contribution in [2.75, 3.05) is 23.3 Å². The Bertz CT molecular complexity index is 894. The van der Waals surface area contributed by atoms with E-state index in [0.717, 1.165) is 48.8 Å². The van der Waals surface area contributed by atoms with Crippen LogP contribution in [0.5, 0.6) is 0 Å². The SMILES string of the molecule is Cc1cc(C)nc(Nc2cncc([C@H]3CCCN(c4cnccn4)C3)n2)n1. The number of hydrogen-bond acceptors (Lipinski definition) is 8. The standard InChI is InChI=1S/C19H22N8/c1-13-8-14(2)24-19(23-13)26-17-10-21-9-16(25-17)15-4-3-7-27(12-15)18-11-20-5-6-22-18/h5-6,8-11,15H,3-4,7,12H2,1-2H3,(H,23,24,25,26)/t15-/m0/s1. The first-order valence-corrected chi connectivity index (χ1v) is 9.09. The molecule has 4 heterocycles. The van der Waals surface area contributed by atoms with Crippen LogP contribution in [0, 0.1) is 13.8 Å². The zero-order valence-corrected chi connectivity index (χ0v) is 15.5. The summed E-state index contributed by atoms with van der Waals surface area (Å²) in [6, 6.07) is 1.94. The van der Waals surface area contributed by atoms with Crippen LogP contribution in [0.15, 0.2) is 37.1 Å². The molecule has 1 aliphatic heterocycles. The summed E-state index contributed by atoms with van der Waals surface area (Å²) in [6.07, 6.45) is 10.9. The molecule has 0 amide bonds. The zero-order chi connectivity index (χ0) is 18.6. The van der Waals surface area contributed by atoms with Crippen LogP contribution in [0.4, 0.5) is 17.6 Å². The molecule has 4 rings (SSSR count). The van der Waals surface area contributed by atoms with Gasteiger partial charge in [0.2, 0.25) is 5.95 Å². The first-order chi connectivity index (χ1) is 13.2. The van der Waals surface area contributed by atoms with Gasteiger partial charge < -0.3 is 10.2 Å². The lowest BCUT2D eigenvalue weighted by Crippen LogP contribution is -2.35. The molecule has 0 radical (unpaired) electrons. The van der Waals surface area contributed by atoms with Crippen molar-refractivity contribution in [3.63, 3.8) is 0 Å². The lowest BCUT2D eigenvalue weighted by Gasteiger charge is -2.33. The molecular weight excluding hydrogens is 340 g/mol. The van der Waals surface area contributed by atoms with Gasteiger partial charge in [-0.2, -0.15) is 0 Å². The zero-order valence-electron chi connectivity index (χ0n) is 15.5. The van der Waals surface area contributed by atoms with E-state index in [-0.39, 0.29) is 0 Å². The minimum atomic E-state index is 0.301. The Morgan fingerprint density at radius 2 is 1.85 bits per heavy atom. The molecule has 8 nitrogen and oxygen atoms in total. The Morgan fingerprint density at radius 1 is 1.00 bits per heavy atom. The Morgan fingerprint density at radius 3 is 2.63 bits per heavy atom. The molecule has 3 aromatic heterocycles. The van der Waals surface area contributed by atoms with Crippen LogP contribution in [0.25, 0.3) is 0 Å². The van der Waals surface area contributed by atoms with Gasteiger partial charge in [0.05, 0.1) is 18.1 Å². The van der Waals surface area contributed by atoms with Crippen LogP contribution in [0.3, 0.4) is 0 Å². The van der Waals surface area contributed by atoms with E-state index in [4.69, 9.17) is 4.98 Å². The number of aryl methyl sites for hydroxylation is 2. The molecule has 0 aromatic carbocycles. The van der Waals surface area contributed by atoms with Crippen LogP contribution in [-0.2, 0) is 0 Å². The van der Waals surface area contributed by atoms with Crippen LogP contribution in [0.1, 0.15) is 35.8 Å². The first kappa shape index (κ1) is 17.3. The van der Waals surface area contributed by atoms with Gasteiger partial charge >= 0.3 is 0 Å². The smallest absolute Gasteiger partial charge is 0.228 e. The van der Waals surface area contributed by atoms with Gasteiger partial charge in [-0.15, -0.1) is 0 Å². The maximum absolute atomic E-state index is 4.76. The number of aromatic nitrogens is 6. The highest BCUT2D eigenvalue weighted by Crippen LogP contribution is 2.28. The van der Waals surface area contributed by atoms with E-state index in [1.54, 1.807) is 18.6 Å². The molecule has 1 N–H and O–H groups in total. The normalized spacial score (nSPS) is 17.0. The Kier molecular flexibility index (Phi) is 4.86. The topological polar surface area (TPSA) is 92.6 Å². The maximum Gasteiger partial charge on any atom is 0.228 e. The molecular formula is C19H22N8. The van der Waals surface area contributed by atoms with Crippen LogP contribution in [0.2, 0.25) is 0 Å². The predicted octanol–water partition coefficient (Wildman–Crippen LogP) is 2.80. The summed E-state index contributed by atoms with van der Waals surface area (Å²) >= 11 is 0. The molecule has 0 aliphatic carbocycles. The van der Waals surface area contributed by atoms with Crippen molar-refractivity contribution in [1.29, 1.82) is 0 Å². The highest BCUT2D eigenvalue weighted by atomic mass is 15.2. The third-order valence-electron chi connectivity index (χ3n) is 4.59. The van der Waals surface area contributed by atoms with Crippen LogP contribution >= 0.6 is 0 Å². The third-order valence-corrected chi connectivity index (χ3v) is 4.59. The molecule has 27 heavy (non-hydrogen) atoms. The average molecular weight is 362 g/mol. The minimum absolute atomic E-state index is 0.301. The van der Waals surface area contributed by atoms with Crippen molar-refractivity contribution in [3.05, 3.63) is 54.1 Å². The van der Waals surface area contributed by atoms with Gasteiger partial charge in [0.25, 0.3) is 0 Å². The second kappa shape index (κ2) is 7.61. The highest BCUT2D eigenvalue weighted by Gasteiger charge is 2.24. The first-order valence-electron chi connectivity index (χ1n) is 9.09. The molecule has 0 unspecified atom stereocenters. The number of nitrogens with zero attached hydrogens (tertiary/aromatic N) is 7. The summed E-state index contributed by atoms with van der Waals surface area (Å²) in [7, 11) is 0. The van der Waals surface area contributed by atoms with Crippen molar-refractivity contribution in [2.24, 2.45) is 0 Å². The number of rotatable bonds is 4. The van der Waals surface area contributed by atoms with E-state index >= 15 is 0 Å². The second-order valence-electron chi connectivity index (χ2n) is 6.78. The van der Waals surface area contributed by atoms with Crippen LogP contribution in [-0.4, -0.2) is 43.0 Å². The van der Waals surface area contributed by atoms with Gasteiger partial charge in [0, 0.05) is 49.0 Å². The van der Waals surface area contributed by atoms with Gasteiger partial charge in [-0.05, 0) is 32.8 Å². The summed E-state index contributed by atoms with van der Waals surface area (Å²) < 4.78 is 0. The van der Waals surface area contributed by atoms with Gasteiger partial charge in [-0.1, -0.05) is 0 Å². The van der Waals surface area contributed by atoms with Crippen molar-refractivity contribution in [2.45, 2.75) is 32.6 Å². The molecule has 1 atom stereocenters. The van der Waals surface area contributed by atoms with Crippen molar-refractivity contribution in [1.82, 2.24) is 29.9 Å². The molecule has 0 bridgehead atoms. The van der Waals surface area contributed by atoms with Crippen molar-refractivity contribution < 1.29 is 0 Å². The fourth-order valence-electron chi connectivity index (χ4n) is 3.42. The van der Waals surface area contributed by atoms with Gasteiger partial charge in [-0.25, -0.2) is 19.9 Å². The van der Waals surface area contributed by atoms with Gasteiger partial charge in [0.1, 0.15) is 5.82 Å². The van der Waals surface area contributed by atoms with E-state index in [0.29, 0.717) is 17.7 Å². The van der Waals surface area contributed by atoms with Gasteiger partial charge in [0.15, 0.2) is 5.82 Å². The largest absolute Gasteiger partial charge is 0.355 e. The molecule has 3 aromatic rings. The predicted molar refractivity (Wildman–Crippen MR) is 103 cm³/mol. The summed E-state index contributed by atoms with van der Waals surface area (Å²) in [5.74, 6) is 2.42. The van der Waals surface area contributed by atoms with Gasteiger partial charge in [-0.3, -0.25) is 9.97 Å². The Balaban J connectivity index is 1.51. The lowest BCUT2D eigenvalue weighted by molar-refractivity contribution is 0.497. The van der Waals surface area contributed by atoms with Crippen molar-refractivity contribution >= 4 is 17.6 Å². The number of piperidine rings is 1. The van der Waals surface area contributed by atoms with Crippen molar-refractivity contribution in [3.8, 4) is 0 Å². The summed E-state index contributed by atoms with van der Waals surface area (Å²) in [5, 5.41) is 3.18. The Labute approximate surface area is 158 Å². The summed E-state index contributed by atoms with van der Waals surface area (Å²) in [6.45, 7) is 5.74. The summed E-state index contributed by atoms with van der Waals surface area (Å²) in [4.78, 5) is 28.8. The van der Waals surface area contributed by atoms with E-state index in [1.165, 1.54) is 0 Å². The monoisotopic (exact) mass is 362 g/mol. The summed E-state index contributed by atoms with van der Waals surface area (Å²) in [5.41, 5.74) is 2.81. The maximum atomic E-state index is 4.76. The fourth-order valence-corrected chi connectivity index (χ4v) is 3.42. The minimum Gasteiger partial charge on any atom is -0.355 e. The lowest BCUT2D eigenvalue weighted by atomic mass is 9.95. The molecule has 0 spiro atoms. The number of hydrogen-bond donors (Lipinski definition) is 1. The second-order valence-corrected chi connectivity index (χ2v) is 6.78. The molecule has 138 valence electrons. The van der Waals surface area contributed by atoms with E-state index in [2.05, 4.69) is 35.1 Å². The average Bonchev–Trinajstić information content (AvgIpc) is 2.68.